The second kappa shape index (κ2) is 3.92. The number of anilines is 1. The average Bonchev–Trinajstić information content (AvgIpc) is 2.06. The van der Waals surface area contributed by atoms with E-state index in [1.165, 1.54) is 6.20 Å². The Morgan fingerprint density at radius 1 is 1.73 bits per heavy atom. The van der Waals surface area contributed by atoms with Crippen LogP contribution in [0.15, 0.2) is 18.3 Å². The largest absolute Gasteiger partial charge is 0.308 e. The van der Waals surface area contributed by atoms with Gasteiger partial charge in [-0.05, 0) is 12.1 Å². The lowest BCUT2D eigenvalue weighted by Gasteiger charge is -1.98. The molecular weight excluding hydrogens is 162 g/mol. The second-order valence-corrected chi connectivity index (χ2v) is 2.13. The summed E-state index contributed by atoms with van der Waals surface area (Å²) in [6.45, 7) is 0. The molecule has 11 heavy (non-hydrogen) atoms. The van der Waals surface area contributed by atoms with E-state index in [0.717, 1.165) is 0 Å². The van der Waals surface area contributed by atoms with Crippen molar-refractivity contribution in [3.05, 3.63) is 18.3 Å². The summed E-state index contributed by atoms with van der Waals surface area (Å²) >= 11 is 3.79. The Bertz CT molecular complexity index is 239. The van der Waals surface area contributed by atoms with E-state index in [2.05, 4.69) is 28.1 Å². The molecule has 1 aromatic heterocycles. The SMILES string of the molecule is O=C(CS)Nc1cccnn1. The highest BCUT2D eigenvalue weighted by atomic mass is 32.1. The number of nitrogens with one attached hydrogen (secondary N) is 1. The van der Waals surface area contributed by atoms with Crippen molar-refractivity contribution in [2.24, 2.45) is 0 Å². The first-order chi connectivity index (χ1) is 5.33. The van der Waals surface area contributed by atoms with Crippen molar-refractivity contribution in [2.45, 2.75) is 0 Å². The highest BCUT2D eigenvalue weighted by Gasteiger charge is 1.97. The maximum atomic E-state index is 10.7. The molecule has 1 N–H and O–H groups in total. The quantitative estimate of drug-likeness (QED) is 0.628. The van der Waals surface area contributed by atoms with Gasteiger partial charge in [-0.2, -0.15) is 17.7 Å². The third-order valence-electron chi connectivity index (χ3n) is 0.983. The molecule has 0 aromatic carbocycles. The third kappa shape index (κ3) is 2.55. The zero-order chi connectivity index (χ0) is 8.10. The Kier molecular flexibility index (Phi) is 2.85. The molecule has 1 aromatic rings. The number of rotatable bonds is 2. The summed E-state index contributed by atoms with van der Waals surface area (Å²) in [7, 11) is 0. The molecule has 0 bridgehead atoms. The van der Waals surface area contributed by atoms with Crippen LogP contribution in [0.1, 0.15) is 0 Å². The highest BCUT2D eigenvalue weighted by molar-refractivity contribution is 7.81. The molecule has 1 heterocycles. The van der Waals surface area contributed by atoms with Crippen LogP contribution in [0.2, 0.25) is 0 Å². The Morgan fingerprint density at radius 3 is 3.09 bits per heavy atom. The Labute approximate surface area is 69.4 Å². The molecule has 0 aliphatic carbocycles. The van der Waals surface area contributed by atoms with Gasteiger partial charge in [-0.25, -0.2) is 0 Å². The lowest BCUT2D eigenvalue weighted by molar-refractivity contribution is -0.113. The Hall–Kier alpha value is -1.10. The van der Waals surface area contributed by atoms with E-state index in [0.29, 0.717) is 5.82 Å². The van der Waals surface area contributed by atoms with Crippen LogP contribution < -0.4 is 5.32 Å². The number of amides is 1. The van der Waals surface area contributed by atoms with Gasteiger partial charge >= 0.3 is 0 Å². The predicted octanol–water partition coefficient (Wildman–Crippen LogP) is 0.345. The minimum Gasteiger partial charge on any atom is -0.308 e. The van der Waals surface area contributed by atoms with Gasteiger partial charge in [-0.1, -0.05) is 0 Å². The second-order valence-electron chi connectivity index (χ2n) is 1.82. The van der Waals surface area contributed by atoms with Crippen LogP contribution in [-0.4, -0.2) is 21.9 Å². The molecular formula is C6H7N3OS. The summed E-state index contributed by atoms with van der Waals surface area (Å²) in [6, 6.07) is 3.36. The molecule has 1 amide bonds. The van der Waals surface area contributed by atoms with Gasteiger partial charge in [0, 0.05) is 6.20 Å². The first-order valence-electron chi connectivity index (χ1n) is 3.01. The van der Waals surface area contributed by atoms with Gasteiger partial charge in [0.2, 0.25) is 5.91 Å². The molecule has 0 radical (unpaired) electrons. The number of nitrogens with zero attached hydrogens (tertiary/aromatic N) is 2. The minimum absolute atomic E-state index is 0.149. The highest BCUT2D eigenvalue weighted by Crippen LogP contribution is 1.97. The molecule has 0 aliphatic rings. The van der Waals surface area contributed by atoms with E-state index < -0.39 is 0 Å². The molecule has 58 valence electrons. The van der Waals surface area contributed by atoms with Crippen LogP contribution in [0.4, 0.5) is 5.82 Å². The maximum Gasteiger partial charge on any atom is 0.235 e. The van der Waals surface area contributed by atoms with E-state index >= 15 is 0 Å². The van der Waals surface area contributed by atoms with Crippen LogP contribution >= 0.6 is 12.6 Å². The number of hydrogen-bond donors (Lipinski definition) is 2. The first kappa shape index (κ1) is 8.00. The fourth-order valence-electron chi connectivity index (χ4n) is 0.551. The summed E-state index contributed by atoms with van der Waals surface area (Å²) in [4.78, 5) is 10.7. The summed E-state index contributed by atoms with van der Waals surface area (Å²) in [5.74, 6) is 0.414. The van der Waals surface area contributed by atoms with Crippen molar-refractivity contribution in [3.63, 3.8) is 0 Å². The zero-order valence-corrected chi connectivity index (χ0v) is 6.58. The molecule has 1 rings (SSSR count). The molecule has 0 saturated heterocycles. The van der Waals surface area contributed by atoms with E-state index in [4.69, 9.17) is 0 Å². The molecule has 0 atom stereocenters. The summed E-state index contributed by atoms with van der Waals surface area (Å²) in [5.41, 5.74) is 0. The van der Waals surface area contributed by atoms with Gasteiger partial charge in [0.25, 0.3) is 0 Å². The van der Waals surface area contributed by atoms with Crippen molar-refractivity contribution in [2.75, 3.05) is 11.1 Å². The van der Waals surface area contributed by atoms with Gasteiger partial charge in [-0.3, -0.25) is 4.79 Å². The van der Waals surface area contributed by atoms with E-state index in [1.807, 2.05) is 0 Å². The van der Waals surface area contributed by atoms with Crippen molar-refractivity contribution >= 4 is 24.4 Å². The Morgan fingerprint density at radius 2 is 2.55 bits per heavy atom. The summed E-state index contributed by atoms with van der Waals surface area (Å²) in [5, 5.41) is 9.74. The van der Waals surface area contributed by atoms with Gasteiger partial charge in [0.05, 0.1) is 5.75 Å². The van der Waals surface area contributed by atoms with Gasteiger partial charge in [0.15, 0.2) is 5.82 Å². The van der Waals surface area contributed by atoms with Gasteiger partial charge in [-0.15, -0.1) is 5.10 Å². The molecule has 4 nitrogen and oxygen atoms in total. The van der Waals surface area contributed by atoms with E-state index in [9.17, 15) is 4.79 Å². The number of hydrogen-bond acceptors (Lipinski definition) is 4. The number of aromatic nitrogens is 2. The summed E-state index contributed by atoms with van der Waals surface area (Å²) < 4.78 is 0. The monoisotopic (exact) mass is 169 g/mol. The first-order valence-corrected chi connectivity index (χ1v) is 3.64. The third-order valence-corrected chi connectivity index (χ3v) is 1.27. The number of carbonyl (C=O) groups excluding carboxylic acids is 1. The fourth-order valence-corrected chi connectivity index (χ4v) is 0.630. The molecule has 0 saturated carbocycles. The van der Waals surface area contributed by atoms with Crippen LogP contribution in [0, 0.1) is 0 Å². The summed E-state index contributed by atoms with van der Waals surface area (Å²) in [6.07, 6.45) is 1.54. The smallest absolute Gasteiger partial charge is 0.235 e. The molecule has 0 fully saturated rings. The number of thiol groups is 1. The Balaban J connectivity index is 2.58. The van der Waals surface area contributed by atoms with Crippen molar-refractivity contribution in [1.82, 2.24) is 10.2 Å². The molecule has 0 aliphatic heterocycles. The predicted molar refractivity (Wildman–Crippen MR) is 44.5 cm³/mol. The van der Waals surface area contributed by atoms with Crippen LogP contribution in [0.5, 0.6) is 0 Å². The van der Waals surface area contributed by atoms with Gasteiger partial charge in [0.1, 0.15) is 0 Å². The minimum atomic E-state index is -0.186. The zero-order valence-electron chi connectivity index (χ0n) is 5.69. The molecule has 0 unspecified atom stereocenters. The number of carbonyl (C=O) groups is 1. The van der Waals surface area contributed by atoms with Crippen molar-refractivity contribution < 1.29 is 4.79 Å². The van der Waals surface area contributed by atoms with Crippen LogP contribution in [0.3, 0.4) is 0 Å². The molecule has 0 spiro atoms. The standard InChI is InChI=1S/C6H7N3OS/c10-6(4-11)8-5-2-1-3-7-9-5/h1-3,11H,4H2,(H,8,9,10). The maximum absolute atomic E-state index is 10.7. The van der Waals surface area contributed by atoms with Crippen LogP contribution in [-0.2, 0) is 4.79 Å². The fraction of sp³-hybridized carbons (Fsp3) is 0.167. The van der Waals surface area contributed by atoms with Crippen molar-refractivity contribution in [1.29, 1.82) is 0 Å². The van der Waals surface area contributed by atoms with E-state index in [-0.39, 0.29) is 11.7 Å². The van der Waals surface area contributed by atoms with Gasteiger partial charge < -0.3 is 5.32 Å². The van der Waals surface area contributed by atoms with E-state index in [1.54, 1.807) is 12.1 Å². The lowest BCUT2D eigenvalue weighted by Crippen LogP contribution is -2.13. The van der Waals surface area contributed by atoms with Crippen molar-refractivity contribution in [3.8, 4) is 0 Å². The normalized spacial score (nSPS) is 9.18. The lowest BCUT2D eigenvalue weighted by atomic mass is 10.5. The topological polar surface area (TPSA) is 54.9 Å². The van der Waals surface area contributed by atoms with Crippen LogP contribution in [0.25, 0.3) is 0 Å². The average molecular weight is 169 g/mol. The molecule has 5 heteroatoms.